The third kappa shape index (κ3) is 5.59. The van der Waals surface area contributed by atoms with E-state index in [1.165, 1.54) is 30.3 Å². The zero-order valence-corrected chi connectivity index (χ0v) is 12.1. The maximum Gasteiger partial charge on any atom is 0.178 e. The van der Waals surface area contributed by atoms with Gasteiger partial charge in [0, 0.05) is 6.54 Å². The van der Waals surface area contributed by atoms with Crippen molar-refractivity contribution in [3.63, 3.8) is 0 Å². The molecular weight excluding hydrogens is 293 g/mol. The van der Waals surface area contributed by atoms with Crippen LogP contribution in [0.1, 0.15) is 6.92 Å². The molecule has 0 aliphatic heterocycles. The molecule has 2 N–H and O–H groups in total. The fourth-order valence-corrected chi connectivity index (χ4v) is 2.13. The molecule has 0 aliphatic carbocycles. The van der Waals surface area contributed by atoms with Gasteiger partial charge >= 0.3 is 0 Å². The lowest BCUT2D eigenvalue weighted by molar-refractivity contribution is 0.318. The Hall–Kier alpha value is -1.11. The zero-order chi connectivity index (χ0) is 13.6. The Labute approximate surface area is 118 Å². The van der Waals surface area contributed by atoms with E-state index in [1.807, 2.05) is 0 Å². The van der Waals surface area contributed by atoms with Crippen LogP contribution in [0.25, 0.3) is 0 Å². The van der Waals surface area contributed by atoms with Crippen molar-refractivity contribution in [2.24, 2.45) is 5.73 Å². The highest BCUT2D eigenvalue weighted by Crippen LogP contribution is 2.17. The van der Waals surface area contributed by atoms with Crippen LogP contribution in [0, 0.1) is 0 Å². The van der Waals surface area contributed by atoms with Crippen LogP contribution in [-0.4, -0.2) is 27.3 Å². The number of hydrogen-bond acceptors (Lipinski definition) is 4. The van der Waals surface area contributed by atoms with Gasteiger partial charge in [0.25, 0.3) is 0 Å². The molecule has 19 heavy (non-hydrogen) atoms. The quantitative estimate of drug-likeness (QED) is 0.873. The first kappa shape index (κ1) is 17.9. The molecule has 0 spiro atoms. The van der Waals surface area contributed by atoms with E-state index in [0.717, 1.165) is 0 Å². The van der Waals surface area contributed by atoms with Gasteiger partial charge in [-0.2, -0.15) is 0 Å². The average Bonchev–Trinajstić information content (AvgIpc) is 2.37. The van der Waals surface area contributed by atoms with Crippen LogP contribution in [-0.2, 0) is 9.84 Å². The van der Waals surface area contributed by atoms with Crippen LogP contribution in [0.4, 0.5) is 4.39 Å². The van der Waals surface area contributed by atoms with Crippen molar-refractivity contribution in [1.82, 2.24) is 0 Å². The minimum Gasteiger partial charge on any atom is -0.487 e. The number of nitrogens with two attached hydrogens (primary N) is 1. The molecule has 0 saturated heterocycles. The van der Waals surface area contributed by atoms with Gasteiger partial charge in [-0.25, -0.2) is 12.8 Å². The second kappa shape index (κ2) is 8.14. The monoisotopic (exact) mass is 309 g/mol. The summed E-state index contributed by atoms with van der Waals surface area (Å²) in [6.07, 6.45) is 1.22. The predicted molar refractivity (Wildman–Crippen MR) is 75.2 cm³/mol. The summed E-state index contributed by atoms with van der Waals surface area (Å²) in [7, 11) is -3.21. The molecule has 0 aromatic heterocycles. The summed E-state index contributed by atoms with van der Waals surface area (Å²) in [5.74, 6) is -0.00507. The van der Waals surface area contributed by atoms with E-state index >= 15 is 0 Å². The normalized spacial score (nSPS) is 11.8. The highest BCUT2D eigenvalue weighted by Gasteiger charge is 2.10. The minimum absolute atomic E-state index is 0. The van der Waals surface area contributed by atoms with Gasteiger partial charge in [0.2, 0.25) is 0 Å². The lowest BCUT2D eigenvalue weighted by atomic mass is 10.3. The molecule has 0 atom stereocenters. The molecule has 4 nitrogen and oxygen atoms in total. The molecule has 7 heteroatoms. The average molecular weight is 310 g/mol. The van der Waals surface area contributed by atoms with Gasteiger partial charge in [-0.3, -0.25) is 0 Å². The molecule has 0 fully saturated rings. The van der Waals surface area contributed by atoms with Crippen molar-refractivity contribution in [2.45, 2.75) is 11.8 Å². The largest absolute Gasteiger partial charge is 0.487 e. The summed E-state index contributed by atoms with van der Waals surface area (Å²) >= 11 is 0. The van der Waals surface area contributed by atoms with Crippen LogP contribution in [0.15, 0.2) is 41.1 Å². The van der Waals surface area contributed by atoms with Crippen molar-refractivity contribution in [3.8, 4) is 5.75 Å². The summed E-state index contributed by atoms with van der Waals surface area (Å²) in [6, 6.07) is 5.88. The highest BCUT2D eigenvalue weighted by atomic mass is 35.5. The molecule has 0 saturated carbocycles. The summed E-state index contributed by atoms with van der Waals surface area (Å²) < 4.78 is 41.2. The van der Waals surface area contributed by atoms with Gasteiger partial charge in [-0.1, -0.05) is 6.92 Å². The van der Waals surface area contributed by atoms with E-state index in [1.54, 1.807) is 6.92 Å². The van der Waals surface area contributed by atoms with Crippen LogP contribution in [0.5, 0.6) is 5.75 Å². The molecule has 108 valence electrons. The first-order valence-corrected chi connectivity index (χ1v) is 7.15. The van der Waals surface area contributed by atoms with E-state index in [2.05, 4.69) is 0 Å². The Morgan fingerprint density at radius 3 is 2.42 bits per heavy atom. The molecule has 1 aromatic carbocycles. The zero-order valence-electron chi connectivity index (χ0n) is 10.5. The Bertz CT molecular complexity index is 514. The molecule has 0 amide bonds. The lowest BCUT2D eigenvalue weighted by Crippen LogP contribution is -2.04. The highest BCUT2D eigenvalue weighted by molar-refractivity contribution is 7.91. The van der Waals surface area contributed by atoms with Crippen molar-refractivity contribution < 1.29 is 17.5 Å². The molecule has 0 heterocycles. The second-order valence-corrected chi connectivity index (χ2v) is 5.83. The van der Waals surface area contributed by atoms with E-state index in [4.69, 9.17) is 10.5 Å². The van der Waals surface area contributed by atoms with Crippen molar-refractivity contribution in [2.75, 3.05) is 18.9 Å². The standard InChI is InChI=1S/C12H16FNO3S.ClH/c1-2-18(15,16)12-5-3-11(4-6-12)17-9-10(13)7-8-14;/h3-7H,2,8-9,14H2,1H3;1H. The number of sulfone groups is 1. The Balaban J connectivity index is 0.00000324. The predicted octanol–water partition coefficient (Wildman–Crippen LogP) is 2.09. The molecule has 1 aromatic rings. The van der Waals surface area contributed by atoms with Crippen LogP contribution in [0.2, 0.25) is 0 Å². The van der Waals surface area contributed by atoms with Crippen LogP contribution < -0.4 is 10.5 Å². The SMILES string of the molecule is CCS(=O)(=O)c1ccc(OCC(F)=CCN)cc1.Cl. The number of rotatable bonds is 6. The van der Waals surface area contributed by atoms with E-state index in [-0.39, 0.29) is 36.2 Å². The minimum atomic E-state index is -3.21. The number of hydrogen-bond donors (Lipinski definition) is 1. The topological polar surface area (TPSA) is 69.4 Å². The van der Waals surface area contributed by atoms with Crippen LogP contribution >= 0.6 is 12.4 Å². The molecule has 0 bridgehead atoms. The first-order chi connectivity index (χ1) is 8.49. The summed E-state index contributed by atoms with van der Waals surface area (Å²) in [5.41, 5.74) is 5.14. The first-order valence-electron chi connectivity index (χ1n) is 5.50. The van der Waals surface area contributed by atoms with Crippen LogP contribution in [0.3, 0.4) is 0 Å². The van der Waals surface area contributed by atoms with Gasteiger partial charge in [-0.15, -0.1) is 12.4 Å². The van der Waals surface area contributed by atoms with Crippen molar-refractivity contribution in [3.05, 3.63) is 36.2 Å². The Morgan fingerprint density at radius 2 is 1.95 bits per heavy atom. The summed E-state index contributed by atoms with van der Waals surface area (Å²) in [6.45, 7) is 1.48. The maximum absolute atomic E-state index is 13.0. The number of benzene rings is 1. The Morgan fingerprint density at radius 1 is 1.37 bits per heavy atom. The summed E-state index contributed by atoms with van der Waals surface area (Å²) in [5, 5.41) is 0. The fraction of sp³-hybridized carbons (Fsp3) is 0.333. The molecular formula is C12H17ClFNO3S. The van der Waals surface area contributed by atoms with E-state index < -0.39 is 15.7 Å². The van der Waals surface area contributed by atoms with Gasteiger partial charge in [-0.05, 0) is 30.3 Å². The second-order valence-electron chi connectivity index (χ2n) is 3.55. The maximum atomic E-state index is 13.0. The van der Waals surface area contributed by atoms with Crippen molar-refractivity contribution >= 4 is 22.2 Å². The smallest absolute Gasteiger partial charge is 0.178 e. The third-order valence-corrected chi connectivity index (χ3v) is 4.03. The molecule has 1 rings (SSSR count). The Kier molecular flexibility index (Phi) is 7.66. The molecule has 0 radical (unpaired) electrons. The third-order valence-electron chi connectivity index (χ3n) is 2.28. The van der Waals surface area contributed by atoms with Gasteiger partial charge in [0.05, 0.1) is 10.6 Å². The number of ether oxygens (including phenoxy) is 1. The molecule has 0 aliphatic rings. The van der Waals surface area contributed by atoms with E-state index in [0.29, 0.717) is 5.75 Å². The van der Waals surface area contributed by atoms with Gasteiger partial charge in [0.1, 0.15) is 18.2 Å². The lowest BCUT2D eigenvalue weighted by Gasteiger charge is -2.06. The van der Waals surface area contributed by atoms with E-state index in [9.17, 15) is 12.8 Å². The van der Waals surface area contributed by atoms with Crippen molar-refractivity contribution in [1.29, 1.82) is 0 Å². The van der Waals surface area contributed by atoms with Gasteiger partial charge < -0.3 is 10.5 Å². The fourth-order valence-electron chi connectivity index (χ4n) is 1.25. The van der Waals surface area contributed by atoms with Gasteiger partial charge in [0.15, 0.2) is 9.84 Å². The number of halogens is 2. The molecule has 0 unspecified atom stereocenters. The summed E-state index contributed by atoms with van der Waals surface area (Å²) in [4.78, 5) is 0.232.